The van der Waals surface area contributed by atoms with Crippen molar-refractivity contribution in [1.82, 2.24) is 9.97 Å². The Hall–Kier alpha value is -0.880. The Balaban J connectivity index is 1.96. The molecule has 1 aliphatic rings. The molecule has 0 spiro atoms. The van der Waals surface area contributed by atoms with E-state index in [1.807, 2.05) is 0 Å². The summed E-state index contributed by atoms with van der Waals surface area (Å²) in [5, 5.41) is 12.9. The summed E-state index contributed by atoms with van der Waals surface area (Å²) in [6, 6.07) is 0. The molecule has 1 heterocycles. The second-order valence-electron chi connectivity index (χ2n) is 4.06. The van der Waals surface area contributed by atoms with Crippen LogP contribution in [-0.2, 0) is 0 Å². The maximum absolute atomic E-state index is 9.68. The molecule has 1 aromatic heterocycles. The van der Waals surface area contributed by atoms with Gasteiger partial charge in [0.25, 0.3) is 0 Å². The zero-order valence-electron chi connectivity index (χ0n) is 8.86. The van der Waals surface area contributed by atoms with Crippen LogP contribution < -0.4 is 11.1 Å². The smallest absolute Gasteiger partial charge is 0.145 e. The van der Waals surface area contributed by atoms with Gasteiger partial charge in [-0.2, -0.15) is 0 Å². The van der Waals surface area contributed by atoms with E-state index < -0.39 is 0 Å². The van der Waals surface area contributed by atoms with Gasteiger partial charge in [0.05, 0.1) is 6.10 Å². The van der Waals surface area contributed by atoms with E-state index in [1.165, 1.54) is 6.33 Å². The average Bonchev–Trinajstić information content (AvgIpc) is 2.67. The highest BCUT2D eigenvalue weighted by Crippen LogP contribution is 2.28. The monoisotopic (exact) mass is 286 g/mol. The van der Waals surface area contributed by atoms with Crippen molar-refractivity contribution in [1.29, 1.82) is 0 Å². The molecular formula is C10H15BrN4O. The molecule has 0 amide bonds. The van der Waals surface area contributed by atoms with Crippen LogP contribution in [0, 0.1) is 5.92 Å². The maximum Gasteiger partial charge on any atom is 0.145 e. The molecule has 0 radical (unpaired) electrons. The molecule has 0 saturated heterocycles. The summed E-state index contributed by atoms with van der Waals surface area (Å²) in [5.41, 5.74) is 5.64. The quantitative estimate of drug-likeness (QED) is 0.782. The predicted octanol–water partition coefficient (Wildman–Crippen LogP) is 1.39. The van der Waals surface area contributed by atoms with Crippen LogP contribution in [0.4, 0.5) is 11.6 Å². The minimum absolute atomic E-state index is 0.189. The summed E-state index contributed by atoms with van der Waals surface area (Å²) in [5.74, 6) is 1.42. The SMILES string of the molecule is Nc1ncnc(NCC2CCCC2O)c1Br. The highest BCUT2D eigenvalue weighted by Gasteiger charge is 2.25. The number of nitrogens with two attached hydrogens (primary N) is 1. The Kier molecular flexibility index (Phi) is 3.60. The normalized spacial score (nSPS) is 24.6. The van der Waals surface area contributed by atoms with Gasteiger partial charge >= 0.3 is 0 Å². The lowest BCUT2D eigenvalue weighted by Gasteiger charge is -2.16. The maximum atomic E-state index is 9.68. The number of aliphatic hydroxyl groups is 1. The number of halogens is 1. The number of nitrogen functional groups attached to an aromatic ring is 1. The lowest BCUT2D eigenvalue weighted by atomic mass is 10.1. The standard InChI is InChI=1S/C10H15BrN4O/c11-8-9(12)14-5-15-10(8)13-4-6-2-1-3-7(6)16/h5-7,16H,1-4H2,(H3,12,13,14,15). The van der Waals surface area contributed by atoms with Crippen LogP contribution in [0.25, 0.3) is 0 Å². The first kappa shape index (κ1) is 11.6. The number of hydrogen-bond acceptors (Lipinski definition) is 5. The molecule has 4 N–H and O–H groups in total. The van der Waals surface area contributed by atoms with Gasteiger partial charge in [0.15, 0.2) is 0 Å². The average molecular weight is 287 g/mol. The first-order valence-electron chi connectivity index (χ1n) is 5.36. The fraction of sp³-hybridized carbons (Fsp3) is 0.600. The fourth-order valence-corrected chi connectivity index (χ4v) is 2.33. The second-order valence-corrected chi connectivity index (χ2v) is 4.85. The molecule has 0 aromatic carbocycles. The van der Waals surface area contributed by atoms with Crippen LogP contribution in [0.1, 0.15) is 19.3 Å². The summed E-state index contributed by atoms with van der Waals surface area (Å²) < 4.78 is 0.683. The van der Waals surface area contributed by atoms with Gasteiger partial charge in [-0.05, 0) is 28.8 Å². The summed E-state index contributed by atoms with van der Waals surface area (Å²) in [4.78, 5) is 7.96. The van der Waals surface area contributed by atoms with E-state index in [0.717, 1.165) is 25.8 Å². The van der Waals surface area contributed by atoms with Crippen molar-refractivity contribution in [2.24, 2.45) is 5.92 Å². The Morgan fingerprint density at radius 3 is 3.00 bits per heavy atom. The minimum atomic E-state index is -0.189. The number of aromatic nitrogens is 2. The number of nitrogens with zero attached hydrogens (tertiary/aromatic N) is 2. The first-order valence-corrected chi connectivity index (χ1v) is 6.15. The third kappa shape index (κ3) is 2.44. The van der Waals surface area contributed by atoms with Crippen LogP contribution in [0.5, 0.6) is 0 Å². The van der Waals surface area contributed by atoms with Crippen molar-refractivity contribution in [3.8, 4) is 0 Å². The van der Waals surface area contributed by atoms with E-state index in [0.29, 0.717) is 22.0 Å². The molecule has 88 valence electrons. The number of hydrogen-bond donors (Lipinski definition) is 3. The molecule has 1 aromatic rings. The molecule has 1 saturated carbocycles. The van der Waals surface area contributed by atoms with E-state index in [4.69, 9.17) is 5.73 Å². The van der Waals surface area contributed by atoms with Gasteiger partial charge in [0.2, 0.25) is 0 Å². The third-order valence-electron chi connectivity index (χ3n) is 2.97. The van der Waals surface area contributed by atoms with E-state index in [1.54, 1.807) is 0 Å². The van der Waals surface area contributed by atoms with Crippen molar-refractivity contribution in [2.75, 3.05) is 17.6 Å². The molecule has 5 nitrogen and oxygen atoms in total. The highest BCUT2D eigenvalue weighted by molar-refractivity contribution is 9.10. The third-order valence-corrected chi connectivity index (χ3v) is 3.75. The largest absolute Gasteiger partial charge is 0.393 e. The Labute approximate surface area is 103 Å². The summed E-state index contributed by atoms with van der Waals surface area (Å²) in [7, 11) is 0. The number of anilines is 2. The summed E-state index contributed by atoms with van der Waals surface area (Å²) in [6.07, 6.45) is 4.30. The number of rotatable bonds is 3. The van der Waals surface area contributed by atoms with Crippen LogP contribution in [-0.4, -0.2) is 27.7 Å². The zero-order valence-corrected chi connectivity index (χ0v) is 10.4. The van der Waals surface area contributed by atoms with E-state index in [-0.39, 0.29) is 6.10 Å². The number of aliphatic hydroxyl groups excluding tert-OH is 1. The molecule has 0 aliphatic heterocycles. The van der Waals surface area contributed by atoms with Gasteiger partial charge in [-0.1, -0.05) is 6.42 Å². The minimum Gasteiger partial charge on any atom is -0.393 e. The van der Waals surface area contributed by atoms with Crippen molar-refractivity contribution in [2.45, 2.75) is 25.4 Å². The molecule has 16 heavy (non-hydrogen) atoms. The lowest BCUT2D eigenvalue weighted by Crippen LogP contribution is -2.22. The van der Waals surface area contributed by atoms with E-state index in [9.17, 15) is 5.11 Å². The molecule has 2 atom stereocenters. The van der Waals surface area contributed by atoms with Gasteiger partial charge in [-0.25, -0.2) is 9.97 Å². The zero-order chi connectivity index (χ0) is 11.5. The molecule has 6 heteroatoms. The molecule has 2 rings (SSSR count). The van der Waals surface area contributed by atoms with Crippen molar-refractivity contribution in [3.63, 3.8) is 0 Å². The molecule has 1 aliphatic carbocycles. The van der Waals surface area contributed by atoms with E-state index >= 15 is 0 Å². The second kappa shape index (κ2) is 4.97. The van der Waals surface area contributed by atoms with Crippen LogP contribution in [0.2, 0.25) is 0 Å². The van der Waals surface area contributed by atoms with Gasteiger partial charge in [0, 0.05) is 12.5 Å². The van der Waals surface area contributed by atoms with Crippen LogP contribution >= 0.6 is 15.9 Å². The number of nitrogens with one attached hydrogen (secondary N) is 1. The predicted molar refractivity (Wildman–Crippen MR) is 66.0 cm³/mol. The summed E-state index contributed by atoms with van der Waals surface area (Å²) >= 11 is 3.33. The first-order chi connectivity index (χ1) is 7.68. The summed E-state index contributed by atoms with van der Waals surface area (Å²) in [6.45, 7) is 0.718. The van der Waals surface area contributed by atoms with E-state index in [2.05, 4.69) is 31.2 Å². The Bertz CT molecular complexity index is 374. The molecule has 1 fully saturated rings. The molecule has 0 bridgehead atoms. The fourth-order valence-electron chi connectivity index (χ4n) is 1.99. The van der Waals surface area contributed by atoms with Gasteiger partial charge in [-0.3, -0.25) is 0 Å². The van der Waals surface area contributed by atoms with Gasteiger partial charge in [0.1, 0.15) is 22.4 Å². The molecular weight excluding hydrogens is 272 g/mol. The van der Waals surface area contributed by atoms with Crippen molar-refractivity contribution < 1.29 is 5.11 Å². The Morgan fingerprint density at radius 1 is 1.50 bits per heavy atom. The molecule has 2 unspecified atom stereocenters. The van der Waals surface area contributed by atoms with Crippen LogP contribution in [0.15, 0.2) is 10.8 Å². The van der Waals surface area contributed by atoms with Crippen molar-refractivity contribution in [3.05, 3.63) is 10.8 Å². The lowest BCUT2D eigenvalue weighted by molar-refractivity contribution is 0.138. The topological polar surface area (TPSA) is 84.1 Å². The highest BCUT2D eigenvalue weighted by atomic mass is 79.9. The van der Waals surface area contributed by atoms with Gasteiger partial charge in [-0.15, -0.1) is 0 Å². The van der Waals surface area contributed by atoms with Gasteiger partial charge < -0.3 is 16.2 Å². The van der Waals surface area contributed by atoms with Crippen molar-refractivity contribution >= 4 is 27.6 Å². The van der Waals surface area contributed by atoms with Crippen LogP contribution in [0.3, 0.4) is 0 Å². The Morgan fingerprint density at radius 2 is 2.31 bits per heavy atom.